The number of hydrogen-bond donors (Lipinski definition) is 0. The minimum absolute atomic E-state index is 0.161. The maximum Gasteiger partial charge on any atom is 0.142 e. The molecule has 104 valence electrons. The molecule has 2 heteroatoms. The van der Waals surface area contributed by atoms with Crippen molar-refractivity contribution in [1.29, 1.82) is 0 Å². The lowest BCUT2D eigenvalue weighted by Gasteiger charge is -2.25. The van der Waals surface area contributed by atoms with Crippen molar-refractivity contribution >= 4 is 16.7 Å². The Balaban J connectivity index is 1.81. The first kappa shape index (κ1) is 13.3. The first-order valence-corrected chi connectivity index (χ1v) is 7.44. The minimum atomic E-state index is 0.161. The Morgan fingerprint density at radius 3 is 2.80 bits per heavy atom. The zero-order valence-corrected chi connectivity index (χ0v) is 12.2. The molecule has 0 aliphatic heterocycles. The van der Waals surface area contributed by atoms with Crippen molar-refractivity contribution in [1.82, 2.24) is 4.98 Å². The van der Waals surface area contributed by atoms with E-state index in [-0.39, 0.29) is 11.3 Å². The second-order valence-corrected chi connectivity index (χ2v) is 6.57. The van der Waals surface area contributed by atoms with Crippen molar-refractivity contribution in [2.24, 2.45) is 11.3 Å². The van der Waals surface area contributed by atoms with Crippen LogP contribution in [-0.4, -0.2) is 10.8 Å². The number of nitrogens with zero attached hydrogens (tertiary/aromatic N) is 1. The van der Waals surface area contributed by atoms with E-state index < -0.39 is 0 Å². The van der Waals surface area contributed by atoms with Gasteiger partial charge in [0, 0.05) is 23.4 Å². The number of fused-ring (bicyclic) bond motifs is 1. The van der Waals surface area contributed by atoms with Gasteiger partial charge in [0.2, 0.25) is 0 Å². The maximum absolute atomic E-state index is 12.5. The summed E-state index contributed by atoms with van der Waals surface area (Å²) < 4.78 is 0. The van der Waals surface area contributed by atoms with Crippen LogP contribution in [0, 0.1) is 11.3 Å². The Morgan fingerprint density at radius 1 is 1.25 bits per heavy atom. The zero-order chi connectivity index (χ0) is 14.2. The molecule has 3 rings (SSSR count). The van der Waals surface area contributed by atoms with E-state index in [2.05, 4.69) is 24.9 Å². The molecule has 1 saturated carbocycles. The van der Waals surface area contributed by atoms with E-state index in [9.17, 15) is 4.79 Å². The molecule has 1 fully saturated rings. The first-order valence-electron chi connectivity index (χ1n) is 7.44. The number of hydrogen-bond acceptors (Lipinski definition) is 2. The molecule has 1 aliphatic carbocycles. The van der Waals surface area contributed by atoms with Crippen molar-refractivity contribution in [3.05, 3.63) is 42.1 Å². The molecule has 0 N–H and O–H groups in total. The van der Waals surface area contributed by atoms with E-state index in [0.29, 0.717) is 12.2 Å². The van der Waals surface area contributed by atoms with Crippen molar-refractivity contribution in [2.75, 3.05) is 0 Å². The monoisotopic (exact) mass is 267 g/mol. The van der Waals surface area contributed by atoms with Crippen LogP contribution in [0.1, 0.15) is 38.8 Å². The summed E-state index contributed by atoms with van der Waals surface area (Å²) >= 11 is 0. The minimum Gasteiger partial charge on any atom is -0.299 e. The van der Waals surface area contributed by atoms with Gasteiger partial charge in [-0.05, 0) is 30.4 Å². The van der Waals surface area contributed by atoms with Gasteiger partial charge in [0.25, 0.3) is 0 Å². The van der Waals surface area contributed by atoms with E-state index in [1.165, 1.54) is 6.42 Å². The fraction of sp³-hybridized carbons (Fsp3) is 0.444. The van der Waals surface area contributed by atoms with Gasteiger partial charge in [-0.15, -0.1) is 0 Å². The average molecular weight is 267 g/mol. The van der Waals surface area contributed by atoms with Crippen LogP contribution in [0.4, 0.5) is 0 Å². The van der Waals surface area contributed by atoms with Gasteiger partial charge in [-0.2, -0.15) is 0 Å². The van der Waals surface area contributed by atoms with Crippen molar-refractivity contribution in [3.63, 3.8) is 0 Å². The zero-order valence-electron chi connectivity index (χ0n) is 12.2. The van der Waals surface area contributed by atoms with E-state index in [1.807, 2.05) is 30.3 Å². The number of aromatic nitrogens is 1. The molecule has 2 aromatic rings. The van der Waals surface area contributed by atoms with Crippen molar-refractivity contribution in [3.8, 4) is 0 Å². The van der Waals surface area contributed by atoms with Crippen molar-refractivity contribution < 1.29 is 4.79 Å². The number of benzene rings is 1. The largest absolute Gasteiger partial charge is 0.299 e. The lowest BCUT2D eigenvalue weighted by atomic mass is 9.78. The summed E-state index contributed by atoms with van der Waals surface area (Å²) in [5, 5.41) is 1.13. The molecule has 1 aromatic heterocycles. The highest BCUT2D eigenvalue weighted by Gasteiger charge is 2.38. The molecule has 1 atom stereocenters. The van der Waals surface area contributed by atoms with Crippen LogP contribution < -0.4 is 0 Å². The van der Waals surface area contributed by atoms with E-state index in [1.54, 1.807) is 0 Å². The normalized spacial score (nSPS) is 21.2. The Bertz CT molecular complexity index is 645. The Labute approximate surface area is 120 Å². The van der Waals surface area contributed by atoms with Gasteiger partial charge in [-0.25, -0.2) is 0 Å². The van der Waals surface area contributed by atoms with Gasteiger partial charge in [-0.1, -0.05) is 44.5 Å². The predicted molar refractivity (Wildman–Crippen MR) is 81.6 cm³/mol. The third kappa shape index (κ3) is 2.47. The summed E-state index contributed by atoms with van der Waals surface area (Å²) in [5.74, 6) is 0.561. The maximum atomic E-state index is 12.5. The fourth-order valence-corrected chi connectivity index (χ4v) is 3.43. The summed E-state index contributed by atoms with van der Waals surface area (Å²) in [4.78, 5) is 17.1. The van der Waals surface area contributed by atoms with E-state index in [4.69, 9.17) is 0 Å². The second kappa shape index (κ2) is 5.01. The van der Waals surface area contributed by atoms with Crippen LogP contribution in [0.5, 0.6) is 0 Å². The Kier molecular flexibility index (Phi) is 3.33. The number of rotatable bonds is 3. The smallest absolute Gasteiger partial charge is 0.142 e. The summed E-state index contributed by atoms with van der Waals surface area (Å²) in [6.07, 6.45) is 3.85. The number of carbonyl (C=O) groups excluding carboxylic acids is 1. The highest BCUT2D eigenvalue weighted by atomic mass is 16.1. The number of Topliss-reactive ketones (excluding diaryl/α,β-unsaturated/α-hetero) is 1. The third-order valence-corrected chi connectivity index (χ3v) is 4.66. The number of para-hydroxylation sites is 1. The summed E-state index contributed by atoms with van der Waals surface area (Å²) in [5.41, 5.74) is 2.04. The van der Waals surface area contributed by atoms with Crippen LogP contribution in [0.15, 0.2) is 36.4 Å². The van der Waals surface area contributed by atoms with Gasteiger partial charge < -0.3 is 0 Å². The number of pyridine rings is 1. The lowest BCUT2D eigenvalue weighted by molar-refractivity contribution is -0.124. The summed E-state index contributed by atoms with van der Waals surface area (Å²) in [6.45, 7) is 4.44. The molecule has 1 heterocycles. The molecular weight excluding hydrogens is 246 g/mol. The molecule has 0 spiro atoms. The van der Waals surface area contributed by atoms with Gasteiger partial charge >= 0.3 is 0 Å². The highest BCUT2D eigenvalue weighted by Crippen LogP contribution is 2.43. The molecule has 1 aromatic carbocycles. The molecular formula is C18H21NO. The molecule has 0 amide bonds. The lowest BCUT2D eigenvalue weighted by Crippen LogP contribution is -2.27. The fourth-order valence-electron chi connectivity index (χ4n) is 3.43. The topological polar surface area (TPSA) is 30.0 Å². The SMILES string of the molecule is CC1(C)CCCC1C(=O)Cc1ccc2ccccc2n1. The molecule has 0 bridgehead atoms. The number of ketones is 1. The van der Waals surface area contributed by atoms with Gasteiger partial charge in [0.15, 0.2) is 0 Å². The molecule has 0 saturated heterocycles. The summed E-state index contributed by atoms with van der Waals surface area (Å²) in [7, 11) is 0. The van der Waals surface area contributed by atoms with Crippen LogP contribution in [0.2, 0.25) is 0 Å². The van der Waals surface area contributed by atoms with Gasteiger partial charge in [-0.3, -0.25) is 9.78 Å². The van der Waals surface area contributed by atoms with E-state index >= 15 is 0 Å². The summed E-state index contributed by atoms with van der Waals surface area (Å²) in [6, 6.07) is 12.1. The third-order valence-electron chi connectivity index (χ3n) is 4.66. The molecule has 0 radical (unpaired) electrons. The molecule has 1 unspecified atom stereocenters. The number of carbonyl (C=O) groups is 1. The molecule has 1 aliphatic rings. The first-order chi connectivity index (χ1) is 9.56. The van der Waals surface area contributed by atoms with Gasteiger partial charge in [0.1, 0.15) is 5.78 Å². The van der Waals surface area contributed by atoms with Crippen LogP contribution in [0.3, 0.4) is 0 Å². The highest BCUT2D eigenvalue weighted by molar-refractivity contribution is 5.85. The van der Waals surface area contributed by atoms with Crippen molar-refractivity contribution in [2.45, 2.75) is 39.5 Å². The second-order valence-electron chi connectivity index (χ2n) is 6.57. The molecule has 2 nitrogen and oxygen atoms in total. The predicted octanol–water partition coefficient (Wildman–Crippen LogP) is 4.17. The van der Waals surface area contributed by atoms with Crippen LogP contribution in [-0.2, 0) is 11.2 Å². The van der Waals surface area contributed by atoms with Crippen LogP contribution in [0.25, 0.3) is 10.9 Å². The average Bonchev–Trinajstić information content (AvgIpc) is 2.78. The van der Waals surface area contributed by atoms with Crippen LogP contribution >= 0.6 is 0 Å². The quantitative estimate of drug-likeness (QED) is 0.835. The van der Waals surface area contributed by atoms with Gasteiger partial charge in [0.05, 0.1) is 5.52 Å². The Hall–Kier alpha value is -1.70. The Morgan fingerprint density at radius 2 is 2.05 bits per heavy atom. The standard InChI is InChI=1S/C18H21NO/c1-18(2)11-5-7-15(18)17(20)12-14-10-9-13-6-3-4-8-16(13)19-14/h3-4,6,8-10,15H,5,7,11-12H2,1-2H3. The van der Waals surface area contributed by atoms with E-state index in [0.717, 1.165) is 29.4 Å². The molecule has 20 heavy (non-hydrogen) atoms.